The van der Waals surface area contributed by atoms with Gasteiger partial charge in [0, 0.05) is 0 Å². The lowest BCUT2D eigenvalue weighted by atomic mass is 9.89. The fraction of sp³-hybridized carbons (Fsp3) is 0.600. The van der Waals surface area contributed by atoms with Gasteiger partial charge < -0.3 is 0 Å². The highest BCUT2D eigenvalue weighted by Gasteiger charge is 2.29. The van der Waals surface area contributed by atoms with Crippen LogP contribution in [0, 0.1) is 5.53 Å². The zero-order chi connectivity index (χ0) is 16.4. The Bertz CT molecular complexity index is 641. The second kappa shape index (κ2) is 6.50. The van der Waals surface area contributed by atoms with Crippen molar-refractivity contribution >= 4 is 10.0 Å². The molecule has 0 unspecified atom stereocenters. The van der Waals surface area contributed by atoms with Gasteiger partial charge in [-0.2, -0.15) is 8.42 Å². The summed E-state index contributed by atoms with van der Waals surface area (Å²) in [5, 5.41) is 0. The molecule has 0 radical (unpaired) electrons. The Hall–Kier alpha value is -1.52. The lowest BCUT2D eigenvalue weighted by Crippen LogP contribution is -2.11. The fourth-order valence-electron chi connectivity index (χ4n) is 2.28. The zero-order valence-electron chi connectivity index (χ0n) is 13.5. The Labute approximate surface area is 127 Å². The topological polar surface area (TPSA) is 84.5 Å². The Balaban J connectivity index is 3.87. The Morgan fingerprint density at radius 2 is 1.38 bits per heavy atom. The molecule has 6 heteroatoms. The molecule has 1 aromatic rings. The number of nitrogens with one attached hydrogen (secondary N) is 1. The van der Waals surface area contributed by atoms with Crippen molar-refractivity contribution in [1.29, 1.82) is 5.53 Å². The monoisotopic (exact) mass is 310 g/mol. The first-order valence-electron chi connectivity index (χ1n) is 7.13. The molecule has 0 fully saturated rings. The van der Waals surface area contributed by atoms with Crippen LogP contribution in [-0.4, -0.2) is 8.42 Å². The Morgan fingerprint density at radius 1 is 0.952 bits per heavy atom. The van der Waals surface area contributed by atoms with Gasteiger partial charge in [0.2, 0.25) is 4.91 Å². The van der Waals surface area contributed by atoms with Gasteiger partial charge in [-0.1, -0.05) is 53.7 Å². The van der Waals surface area contributed by atoms with Crippen LogP contribution in [-0.2, 0) is 10.0 Å². The van der Waals surface area contributed by atoms with Gasteiger partial charge in [0.05, 0.1) is 0 Å². The summed E-state index contributed by atoms with van der Waals surface area (Å²) in [5.41, 5.74) is 9.36. The first kappa shape index (κ1) is 17.5. The molecule has 0 atom stereocenters. The summed E-state index contributed by atoms with van der Waals surface area (Å²) in [6, 6.07) is 3.88. The van der Waals surface area contributed by atoms with Crippen LogP contribution in [0.25, 0.3) is 0 Å². The summed E-state index contributed by atoms with van der Waals surface area (Å²) in [7, 11) is -3.93. The molecule has 21 heavy (non-hydrogen) atoms. The van der Waals surface area contributed by atoms with E-state index in [1.165, 1.54) is 0 Å². The SMILES string of the molecule is CC(C)c1cc(C(C)C)c(S(=O)(=O)N=[N+]=N)c(C(C)C)c1. The molecule has 116 valence electrons. The van der Waals surface area contributed by atoms with Crippen LogP contribution in [0.4, 0.5) is 0 Å². The summed E-state index contributed by atoms with van der Waals surface area (Å²) in [6.07, 6.45) is 0. The van der Waals surface area contributed by atoms with Gasteiger partial charge in [-0.3, -0.25) is 0 Å². The molecule has 5 nitrogen and oxygen atoms in total. The van der Waals surface area contributed by atoms with Gasteiger partial charge in [0.1, 0.15) is 10.4 Å². The average molecular weight is 310 g/mol. The molecule has 0 heterocycles. The number of nitrogens with zero attached hydrogens (tertiary/aromatic N) is 2. The Kier molecular flexibility index (Phi) is 5.42. The van der Waals surface area contributed by atoms with Crippen LogP contribution in [0.3, 0.4) is 0 Å². The minimum Gasteiger partial charge on any atom is -0.193 e. The van der Waals surface area contributed by atoms with Crippen molar-refractivity contribution in [3.05, 3.63) is 28.8 Å². The van der Waals surface area contributed by atoms with Crippen LogP contribution in [0.2, 0.25) is 0 Å². The number of hydrogen-bond acceptors (Lipinski definition) is 3. The van der Waals surface area contributed by atoms with E-state index in [4.69, 9.17) is 5.53 Å². The van der Waals surface area contributed by atoms with E-state index in [0.29, 0.717) is 5.92 Å². The molecule has 1 N–H and O–H groups in total. The molecule has 0 aliphatic carbocycles. The van der Waals surface area contributed by atoms with Crippen LogP contribution in [0.1, 0.15) is 76.0 Å². The molecule has 1 rings (SSSR count). The van der Waals surface area contributed by atoms with E-state index in [0.717, 1.165) is 16.7 Å². The van der Waals surface area contributed by atoms with Crippen molar-refractivity contribution in [3.63, 3.8) is 0 Å². The van der Waals surface area contributed by atoms with Crippen LogP contribution < -0.4 is 4.91 Å². The minimum absolute atomic E-state index is 0.0481. The van der Waals surface area contributed by atoms with Crippen LogP contribution in [0.5, 0.6) is 0 Å². The first-order valence-corrected chi connectivity index (χ1v) is 8.57. The van der Waals surface area contributed by atoms with Gasteiger partial charge in [-0.15, -0.1) is 0 Å². The van der Waals surface area contributed by atoms with Crippen molar-refractivity contribution in [2.75, 3.05) is 0 Å². The number of hydrogen-bond donors (Lipinski definition) is 1. The third kappa shape index (κ3) is 3.77. The summed E-state index contributed by atoms with van der Waals surface area (Å²) < 4.78 is 27.9. The predicted octanol–water partition coefficient (Wildman–Crippen LogP) is 4.30. The van der Waals surface area contributed by atoms with Crippen molar-refractivity contribution in [2.45, 2.75) is 64.2 Å². The van der Waals surface area contributed by atoms with Crippen molar-refractivity contribution in [1.82, 2.24) is 4.91 Å². The highest BCUT2D eigenvalue weighted by atomic mass is 32.2. The molecule has 0 saturated heterocycles. The predicted molar refractivity (Wildman–Crippen MR) is 83.2 cm³/mol. The van der Waals surface area contributed by atoms with E-state index in [2.05, 4.69) is 23.3 Å². The molecule has 0 bridgehead atoms. The third-order valence-corrected chi connectivity index (χ3v) is 4.77. The standard InChI is InChI=1S/C15H24N3O2S/c1-9(2)12-7-13(10(3)4)15(14(8-12)11(5)6)21(19,20)18-17-16/h7-11,16H,1-6H3/q+1. The molecule has 1 aromatic carbocycles. The van der Waals surface area contributed by atoms with Gasteiger partial charge in [0.25, 0.3) is 4.52 Å². The van der Waals surface area contributed by atoms with E-state index in [1.54, 1.807) is 0 Å². The maximum atomic E-state index is 12.4. The van der Waals surface area contributed by atoms with Crippen LogP contribution in [0.15, 0.2) is 21.5 Å². The molecule has 0 amide bonds. The summed E-state index contributed by atoms with van der Waals surface area (Å²) in [4.78, 5) is 2.94. The van der Waals surface area contributed by atoms with Gasteiger partial charge in [-0.25, -0.2) is 0 Å². The molecule has 0 aliphatic heterocycles. The summed E-state index contributed by atoms with van der Waals surface area (Å²) in [6.45, 7) is 12.0. The number of sulfonamides is 1. The van der Waals surface area contributed by atoms with E-state index in [1.807, 2.05) is 39.8 Å². The molecule has 0 aromatic heterocycles. The van der Waals surface area contributed by atoms with Crippen LogP contribution >= 0.6 is 0 Å². The smallest absolute Gasteiger partial charge is 0.193 e. The fourth-order valence-corrected chi connectivity index (χ4v) is 3.66. The Morgan fingerprint density at radius 3 is 1.67 bits per heavy atom. The maximum Gasteiger partial charge on any atom is 0.356 e. The summed E-state index contributed by atoms with van der Waals surface area (Å²) >= 11 is 0. The van der Waals surface area contributed by atoms with Crippen molar-refractivity contribution in [2.24, 2.45) is 4.52 Å². The van der Waals surface area contributed by atoms with Gasteiger partial charge >= 0.3 is 10.0 Å². The molecular formula is C15H24N3O2S+. The average Bonchev–Trinajstić information content (AvgIpc) is 2.36. The minimum atomic E-state index is -3.93. The zero-order valence-corrected chi connectivity index (χ0v) is 14.3. The third-order valence-electron chi connectivity index (χ3n) is 3.49. The lowest BCUT2D eigenvalue weighted by Gasteiger charge is -2.20. The molecule has 0 aliphatic rings. The number of rotatable bonds is 5. The highest BCUT2D eigenvalue weighted by Crippen LogP contribution is 2.35. The number of benzene rings is 1. The van der Waals surface area contributed by atoms with E-state index < -0.39 is 10.0 Å². The largest absolute Gasteiger partial charge is 0.356 e. The first-order chi connectivity index (χ1) is 9.61. The van der Waals surface area contributed by atoms with Gasteiger partial charge in [0.15, 0.2) is 0 Å². The lowest BCUT2D eigenvalue weighted by molar-refractivity contribution is 0.588. The van der Waals surface area contributed by atoms with E-state index in [-0.39, 0.29) is 16.7 Å². The molecule has 0 spiro atoms. The van der Waals surface area contributed by atoms with E-state index in [9.17, 15) is 8.42 Å². The van der Waals surface area contributed by atoms with Crippen molar-refractivity contribution < 1.29 is 8.42 Å². The molecule has 0 saturated carbocycles. The quantitative estimate of drug-likeness (QED) is 0.649. The summed E-state index contributed by atoms with van der Waals surface area (Å²) in [5.74, 6) is 0.411. The van der Waals surface area contributed by atoms with Gasteiger partial charge in [-0.05, 0) is 34.4 Å². The highest BCUT2D eigenvalue weighted by molar-refractivity contribution is 7.90. The maximum absolute atomic E-state index is 12.4. The second-order valence-electron chi connectivity index (χ2n) is 6.15. The van der Waals surface area contributed by atoms with Crippen molar-refractivity contribution in [3.8, 4) is 0 Å². The molecular weight excluding hydrogens is 286 g/mol. The normalized spacial score (nSPS) is 12.0. The second-order valence-corrected chi connectivity index (χ2v) is 7.67. The van der Waals surface area contributed by atoms with E-state index >= 15 is 0 Å².